The van der Waals surface area contributed by atoms with Crippen LogP contribution in [0.15, 0.2) is 0 Å². The molecule has 110 valence electrons. The summed E-state index contributed by atoms with van der Waals surface area (Å²) in [7, 11) is 0. The SMILES string of the molecule is N#CCC1(CNC(=O)N2CCCC2C2CCCO2)CC1. The van der Waals surface area contributed by atoms with E-state index in [2.05, 4.69) is 11.4 Å². The molecule has 2 amide bonds. The van der Waals surface area contributed by atoms with Gasteiger partial charge in [-0.15, -0.1) is 0 Å². The first-order chi connectivity index (χ1) is 9.74. The normalized spacial score (nSPS) is 31.1. The lowest BCUT2D eigenvalue weighted by molar-refractivity contribution is 0.0519. The Morgan fingerprint density at radius 3 is 2.90 bits per heavy atom. The predicted molar refractivity (Wildman–Crippen MR) is 74.0 cm³/mol. The van der Waals surface area contributed by atoms with E-state index in [1.807, 2.05) is 4.90 Å². The van der Waals surface area contributed by atoms with Gasteiger partial charge in [-0.05, 0) is 38.5 Å². The van der Waals surface area contributed by atoms with Gasteiger partial charge in [-0.1, -0.05) is 0 Å². The van der Waals surface area contributed by atoms with Crippen molar-refractivity contribution >= 4 is 6.03 Å². The van der Waals surface area contributed by atoms with Gasteiger partial charge in [0.1, 0.15) is 0 Å². The fourth-order valence-corrected chi connectivity index (χ4v) is 3.46. The molecule has 2 saturated heterocycles. The Labute approximate surface area is 120 Å². The van der Waals surface area contributed by atoms with Crippen LogP contribution in [0.4, 0.5) is 4.79 Å². The van der Waals surface area contributed by atoms with Crippen molar-refractivity contribution in [2.45, 2.75) is 57.1 Å². The van der Waals surface area contributed by atoms with Crippen LogP contribution in [0.5, 0.6) is 0 Å². The zero-order valence-electron chi connectivity index (χ0n) is 11.9. The van der Waals surface area contributed by atoms with Gasteiger partial charge >= 0.3 is 6.03 Å². The third-order valence-electron chi connectivity index (χ3n) is 4.98. The van der Waals surface area contributed by atoms with Crippen LogP contribution >= 0.6 is 0 Å². The lowest BCUT2D eigenvalue weighted by Crippen LogP contribution is -2.48. The molecule has 0 radical (unpaired) electrons. The quantitative estimate of drug-likeness (QED) is 0.855. The van der Waals surface area contributed by atoms with Crippen molar-refractivity contribution in [2.75, 3.05) is 19.7 Å². The first-order valence-corrected chi connectivity index (χ1v) is 7.77. The molecular formula is C15H23N3O2. The van der Waals surface area contributed by atoms with E-state index < -0.39 is 0 Å². The molecule has 3 rings (SSSR count). The van der Waals surface area contributed by atoms with Crippen LogP contribution in [0.2, 0.25) is 0 Å². The van der Waals surface area contributed by atoms with Crippen molar-refractivity contribution in [2.24, 2.45) is 5.41 Å². The number of amides is 2. The summed E-state index contributed by atoms with van der Waals surface area (Å²) in [6.45, 7) is 2.32. The minimum atomic E-state index is 0.0345. The summed E-state index contributed by atoms with van der Waals surface area (Å²) in [6, 6.07) is 2.52. The summed E-state index contributed by atoms with van der Waals surface area (Å²) in [6.07, 6.45) is 7.24. The number of ether oxygens (including phenoxy) is 1. The van der Waals surface area contributed by atoms with Gasteiger partial charge in [0.05, 0.1) is 18.2 Å². The molecule has 1 saturated carbocycles. The van der Waals surface area contributed by atoms with Crippen LogP contribution in [0, 0.1) is 16.7 Å². The monoisotopic (exact) mass is 277 g/mol. The van der Waals surface area contributed by atoms with E-state index in [1.165, 1.54) is 0 Å². The number of hydrogen-bond acceptors (Lipinski definition) is 3. The Morgan fingerprint density at radius 2 is 2.25 bits per heavy atom. The second kappa shape index (κ2) is 5.61. The minimum absolute atomic E-state index is 0.0345. The molecule has 2 atom stereocenters. The van der Waals surface area contributed by atoms with Gasteiger partial charge in [-0.25, -0.2) is 4.79 Å². The zero-order valence-corrected chi connectivity index (χ0v) is 11.9. The standard InChI is InChI=1S/C15H23N3O2/c16-8-7-15(5-6-15)11-17-14(19)18-9-1-3-12(18)13-4-2-10-20-13/h12-13H,1-7,9-11H2,(H,17,19). The van der Waals surface area contributed by atoms with E-state index in [-0.39, 0.29) is 23.6 Å². The Kier molecular flexibility index (Phi) is 3.84. The van der Waals surface area contributed by atoms with Crippen LogP contribution in [0.3, 0.4) is 0 Å². The first kappa shape index (κ1) is 13.7. The number of carbonyl (C=O) groups excluding carboxylic acids is 1. The molecule has 3 aliphatic rings. The topological polar surface area (TPSA) is 65.4 Å². The van der Waals surface area contributed by atoms with Crippen LogP contribution in [-0.4, -0.2) is 42.8 Å². The molecule has 5 nitrogen and oxygen atoms in total. The van der Waals surface area contributed by atoms with Crippen molar-refractivity contribution in [1.29, 1.82) is 5.26 Å². The van der Waals surface area contributed by atoms with Gasteiger partial charge in [-0.3, -0.25) is 0 Å². The molecule has 2 aliphatic heterocycles. The molecule has 1 N–H and O–H groups in total. The van der Waals surface area contributed by atoms with Gasteiger partial charge in [0, 0.05) is 31.5 Å². The van der Waals surface area contributed by atoms with E-state index in [0.717, 1.165) is 51.7 Å². The van der Waals surface area contributed by atoms with Crippen molar-refractivity contribution in [3.63, 3.8) is 0 Å². The molecule has 0 bridgehead atoms. The van der Waals surface area contributed by atoms with Crippen molar-refractivity contribution in [1.82, 2.24) is 10.2 Å². The molecule has 3 fully saturated rings. The summed E-state index contributed by atoms with van der Waals surface area (Å²) >= 11 is 0. The molecule has 0 aromatic carbocycles. The molecule has 0 spiro atoms. The van der Waals surface area contributed by atoms with Crippen molar-refractivity contribution in [3.05, 3.63) is 0 Å². The first-order valence-electron chi connectivity index (χ1n) is 7.77. The van der Waals surface area contributed by atoms with Crippen molar-refractivity contribution < 1.29 is 9.53 Å². The Hall–Kier alpha value is -1.28. The number of carbonyl (C=O) groups is 1. The van der Waals surface area contributed by atoms with Gasteiger partial charge in [0.2, 0.25) is 0 Å². The number of likely N-dealkylation sites (tertiary alicyclic amines) is 1. The van der Waals surface area contributed by atoms with Gasteiger partial charge in [-0.2, -0.15) is 5.26 Å². The predicted octanol–water partition coefficient (Wildman–Crippen LogP) is 2.03. The number of nitrogens with zero attached hydrogens (tertiary/aromatic N) is 2. The van der Waals surface area contributed by atoms with E-state index in [0.29, 0.717) is 13.0 Å². The highest BCUT2D eigenvalue weighted by atomic mass is 16.5. The zero-order chi connectivity index (χ0) is 14.0. The Morgan fingerprint density at radius 1 is 1.40 bits per heavy atom. The number of urea groups is 1. The third kappa shape index (κ3) is 2.76. The molecule has 1 aliphatic carbocycles. The summed E-state index contributed by atoms with van der Waals surface area (Å²) < 4.78 is 5.75. The van der Waals surface area contributed by atoms with E-state index >= 15 is 0 Å². The largest absolute Gasteiger partial charge is 0.376 e. The van der Waals surface area contributed by atoms with Crippen molar-refractivity contribution in [3.8, 4) is 6.07 Å². The maximum Gasteiger partial charge on any atom is 0.317 e. The molecule has 5 heteroatoms. The highest BCUT2D eigenvalue weighted by molar-refractivity contribution is 5.75. The van der Waals surface area contributed by atoms with E-state index in [4.69, 9.17) is 10.00 Å². The Balaban J connectivity index is 1.52. The minimum Gasteiger partial charge on any atom is -0.376 e. The summed E-state index contributed by atoms with van der Waals surface area (Å²) in [5.41, 5.74) is 0.0729. The van der Waals surface area contributed by atoms with E-state index in [1.54, 1.807) is 0 Å². The van der Waals surface area contributed by atoms with E-state index in [9.17, 15) is 4.79 Å². The van der Waals surface area contributed by atoms with Crippen LogP contribution < -0.4 is 5.32 Å². The van der Waals surface area contributed by atoms with Crippen LogP contribution in [0.25, 0.3) is 0 Å². The number of nitrogens with one attached hydrogen (secondary N) is 1. The Bertz CT molecular complexity index is 408. The second-order valence-corrected chi connectivity index (χ2v) is 6.45. The smallest absolute Gasteiger partial charge is 0.317 e. The van der Waals surface area contributed by atoms with Gasteiger partial charge in [0.15, 0.2) is 0 Å². The summed E-state index contributed by atoms with van der Waals surface area (Å²) in [5.74, 6) is 0. The number of hydrogen-bond donors (Lipinski definition) is 1. The maximum absolute atomic E-state index is 12.4. The fraction of sp³-hybridized carbons (Fsp3) is 0.867. The molecule has 0 aromatic heterocycles. The number of rotatable bonds is 4. The molecule has 20 heavy (non-hydrogen) atoms. The maximum atomic E-state index is 12.4. The number of nitriles is 1. The summed E-state index contributed by atoms with van der Waals surface area (Å²) in [5, 5.41) is 11.9. The third-order valence-corrected chi connectivity index (χ3v) is 4.98. The van der Waals surface area contributed by atoms with Gasteiger partial charge in [0.25, 0.3) is 0 Å². The molecular weight excluding hydrogens is 254 g/mol. The van der Waals surface area contributed by atoms with Crippen LogP contribution in [0.1, 0.15) is 44.9 Å². The highest BCUT2D eigenvalue weighted by Gasteiger charge is 2.43. The molecule has 2 unspecified atom stereocenters. The fourth-order valence-electron chi connectivity index (χ4n) is 3.46. The lowest BCUT2D eigenvalue weighted by atomic mass is 10.0. The van der Waals surface area contributed by atoms with Crippen LogP contribution in [-0.2, 0) is 4.74 Å². The summed E-state index contributed by atoms with van der Waals surface area (Å²) in [4.78, 5) is 14.3. The highest BCUT2D eigenvalue weighted by Crippen LogP contribution is 2.47. The van der Waals surface area contributed by atoms with Gasteiger partial charge < -0.3 is 15.0 Å². The second-order valence-electron chi connectivity index (χ2n) is 6.45. The average molecular weight is 277 g/mol. The average Bonchev–Trinajstić information content (AvgIpc) is 2.88. The molecule has 2 heterocycles. The molecule has 0 aromatic rings. The lowest BCUT2D eigenvalue weighted by Gasteiger charge is -2.29.